The molecule has 0 aromatic carbocycles. The number of urea groups is 1. The number of ether oxygens (including phenoxy) is 1. The number of likely N-dealkylation sites (tertiary alicyclic amines) is 1. The molecule has 8 heteroatoms. The van der Waals surface area contributed by atoms with Crippen molar-refractivity contribution < 1.29 is 18.8 Å². The van der Waals surface area contributed by atoms with Crippen LogP contribution in [0.4, 0.5) is 10.5 Å². The summed E-state index contributed by atoms with van der Waals surface area (Å²) in [5.41, 5.74) is 2.31. The van der Waals surface area contributed by atoms with Gasteiger partial charge in [0.05, 0.1) is 24.5 Å². The summed E-state index contributed by atoms with van der Waals surface area (Å²) in [5, 5.41) is 8.65. The molecule has 7 nitrogen and oxygen atoms in total. The van der Waals surface area contributed by atoms with Crippen molar-refractivity contribution in [3.05, 3.63) is 33.3 Å². The molecule has 0 radical (unpaired) electrons. The number of esters is 1. The van der Waals surface area contributed by atoms with Gasteiger partial charge in [-0.05, 0) is 31.2 Å². The van der Waals surface area contributed by atoms with E-state index in [-0.39, 0.29) is 12.1 Å². The molecule has 3 rings (SSSR count). The number of carbonyl (C=O) groups excluding carboxylic acids is 2. The highest BCUT2D eigenvalue weighted by atomic mass is 32.1. The Bertz CT molecular complexity index is 783. The van der Waals surface area contributed by atoms with Gasteiger partial charge < -0.3 is 19.5 Å². The Hall–Kier alpha value is -2.35. The predicted octanol–water partition coefficient (Wildman–Crippen LogP) is 3.76. The number of amides is 2. The van der Waals surface area contributed by atoms with E-state index in [4.69, 9.17) is 9.26 Å². The molecular formula is C17H21N3O4S. The number of anilines is 1. The molecule has 1 unspecified atom stereocenters. The molecular weight excluding hydrogens is 342 g/mol. The summed E-state index contributed by atoms with van der Waals surface area (Å²) < 4.78 is 10.1. The van der Waals surface area contributed by atoms with Gasteiger partial charge in [-0.1, -0.05) is 12.1 Å². The van der Waals surface area contributed by atoms with Crippen molar-refractivity contribution in [1.29, 1.82) is 0 Å². The van der Waals surface area contributed by atoms with Gasteiger partial charge in [0.25, 0.3) is 0 Å². The summed E-state index contributed by atoms with van der Waals surface area (Å²) in [6, 6.07) is 1.43. The van der Waals surface area contributed by atoms with Crippen molar-refractivity contribution in [3.8, 4) is 0 Å². The fourth-order valence-corrected chi connectivity index (χ4v) is 4.03. The van der Waals surface area contributed by atoms with Crippen LogP contribution in [0.5, 0.6) is 0 Å². The monoisotopic (exact) mass is 363 g/mol. The van der Waals surface area contributed by atoms with E-state index in [0.29, 0.717) is 17.1 Å². The van der Waals surface area contributed by atoms with Crippen LogP contribution in [0.3, 0.4) is 0 Å². The standard InChI is InChI=1S/C17H21N3O4S/c1-4-13-14(10(2)19-24-13)12-6-5-8-20(12)17(22)18-11-7-9-25-15(11)16(21)23-3/h7,9,12H,4-6,8H2,1-3H3,(H,18,22). The first-order chi connectivity index (χ1) is 12.1. The number of thiophene rings is 1. The average molecular weight is 363 g/mol. The molecule has 25 heavy (non-hydrogen) atoms. The predicted molar refractivity (Wildman–Crippen MR) is 94.0 cm³/mol. The van der Waals surface area contributed by atoms with Crippen LogP contribution in [0.1, 0.15) is 52.5 Å². The Kier molecular flexibility index (Phi) is 5.08. The maximum atomic E-state index is 12.8. The van der Waals surface area contributed by atoms with Crippen LogP contribution in [0.15, 0.2) is 16.0 Å². The van der Waals surface area contributed by atoms with Gasteiger partial charge in [0, 0.05) is 18.5 Å². The molecule has 1 saturated heterocycles. The molecule has 1 aliphatic rings. The van der Waals surface area contributed by atoms with Crippen molar-refractivity contribution in [1.82, 2.24) is 10.1 Å². The zero-order valence-electron chi connectivity index (χ0n) is 14.5. The molecule has 1 fully saturated rings. The molecule has 2 aromatic rings. The molecule has 0 bridgehead atoms. The normalized spacial score (nSPS) is 16.9. The number of aromatic nitrogens is 1. The minimum absolute atomic E-state index is 0.0542. The van der Waals surface area contributed by atoms with E-state index >= 15 is 0 Å². The van der Waals surface area contributed by atoms with E-state index in [1.165, 1.54) is 18.4 Å². The van der Waals surface area contributed by atoms with Crippen molar-refractivity contribution in [3.63, 3.8) is 0 Å². The third kappa shape index (κ3) is 3.26. The summed E-state index contributed by atoms with van der Waals surface area (Å²) in [6.07, 6.45) is 2.52. The highest BCUT2D eigenvalue weighted by Crippen LogP contribution is 2.36. The zero-order valence-corrected chi connectivity index (χ0v) is 15.3. The number of methoxy groups -OCH3 is 1. The van der Waals surface area contributed by atoms with Crippen LogP contribution in [0.2, 0.25) is 0 Å². The van der Waals surface area contributed by atoms with Crippen LogP contribution >= 0.6 is 11.3 Å². The Morgan fingerprint density at radius 3 is 3.04 bits per heavy atom. The Morgan fingerprint density at radius 2 is 2.32 bits per heavy atom. The van der Waals surface area contributed by atoms with Crippen LogP contribution in [0.25, 0.3) is 0 Å². The summed E-state index contributed by atoms with van der Waals surface area (Å²) in [4.78, 5) is 26.8. The zero-order chi connectivity index (χ0) is 18.0. The van der Waals surface area contributed by atoms with Gasteiger partial charge in [-0.25, -0.2) is 9.59 Å². The van der Waals surface area contributed by atoms with Gasteiger partial charge in [0.2, 0.25) is 0 Å². The lowest BCUT2D eigenvalue weighted by molar-refractivity contribution is 0.0607. The first-order valence-corrected chi connectivity index (χ1v) is 9.13. The number of hydrogen-bond donors (Lipinski definition) is 1. The third-order valence-corrected chi connectivity index (χ3v) is 5.32. The van der Waals surface area contributed by atoms with E-state index < -0.39 is 5.97 Å². The summed E-state index contributed by atoms with van der Waals surface area (Å²) in [6.45, 7) is 4.57. The highest BCUT2D eigenvalue weighted by Gasteiger charge is 2.34. The van der Waals surface area contributed by atoms with E-state index in [9.17, 15) is 9.59 Å². The van der Waals surface area contributed by atoms with E-state index in [2.05, 4.69) is 10.5 Å². The molecule has 0 spiro atoms. The average Bonchev–Trinajstić information content (AvgIpc) is 3.32. The molecule has 2 aromatic heterocycles. The van der Waals surface area contributed by atoms with Crippen LogP contribution < -0.4 is 5.32 Å². The summed E-state index contributed by atoms with van der Waals surface area (Å²) >= 11 is 1.24. The third-order valence-electron chi connectivity index (χ3n) is 4.43. The molecule has 1 aliphatic heterocycles. The van der Waals surface area contributed by atoms with Gasteiger partial charge >= 0.3 is 12.0 Å². The van der Waals surface area contributed by atoms with Crippen LogP contribution in [0, 0.1) is 6.92 Å². The SMILES string of the molecule is CCc1onc(C)c1C1CCCN1C(=O)Nc1ccsc1C(=O)OC. The van der Waals surface area contributed by atoms with E-state index in [1.807, 2.05) is 13.8 Å². The number of carbonyl (C=O) groups is 2. The van der Waals surface area contributed by atoms with Gasteiger partial charge in [-0.3, -0.25) is 0 Å². The Balaban J connectivity index is 1.81. The van der Waals surface area contributed by atoms with Gasteiger partial charge in [-0.15, -0.1) is 11.3 Å². The number of nitrogens with zero attached hydrogens (tertiary/aromatic N) is 2. The summed E-state index contributed by atoms with van der Waals surface area (Å²) in [7, 11) is 1.32. The maximum absolute atomic E-state index is 12.8. The molecule has 3 heterocycles. The van der Waals surface area contributed by atoms with Crippen LogP contribution in [-0.4, -0.2) is 35.7 Å². The molecule has 134 valence electrons. The molecule has 1 atom stereocenters. The smallest absolute Gasteiger partial charge is 0.350 e. The number of aryl methyl sites for hydroxylation is 2. The fourth-order valence-electron chi connectivity index (χ4n) is 3.26. The Labute approximate surface area is 149 Å². The molecule has 2 amide bonds. The number of nitrogens with one attached hydrogen (secondary N) is 1. The largest absolute Gasteiger partial charge is 0.465 e. The lowest BCUT2D eigenvalue weighted by atomic mass is 10.0. The minimum atomic E-state index is -0.452. The molecule has 0 aliphatic carbocycles. The molecule has 1 N–H and O–H groups in total. The quantitative estimate of drug-likeness (QED) is 0.836. The topological polar surface area (TPSA) is 84.7 Å². The minimum Gasteiger partial charge on any atom is -0.465 e. The van der Waals surface area contributed by atoms with Crippen LogP contribution in [-0.2, 0) is 11.2 Å². The second kappa shape index (κ2) is 7.26. The van der Waals surface area contributed by atoms with Gasteiger partial charge in [-0.2, -0.15) is 0 Å². The Morgan fingerprint density at radius 1 is 1.52 bits per heavy atom. The van der Waals surface area contributed by atoms with E-state index in [1.54, 1.807) is 16.3 Å². The van der Waals surface area contributed by atoms with Gasteiger partial charge in [0.1, 0.15) is 10.6 Å². The number of hydrogen-bond acceptors (Lipinski definition) is 6. The highest BCUT2D eigenvalue weighted by molar-refractivity contribution is 7.12. The first kappa shape index (κ1) is 17.5. The van der Waals surface area contributed by atoms with Gasteiger partial charge in [0.15, 0.2) is 0 Å². The maximum Gasteiger partial charge on any atom is 0.350 e. The van der Waals surface area contributed by atoms with Crippen molar-refractivity contribution in [2.75, 3.05) is 19.0 Å². The number of rotatable bonds is 4. The second-order valence-electron chi connectivity index (χ2n) is 5.89. The van der Waals surface area contributed by atoms with Crippen molar-refractivity contribution in [2.45, 2.75) is 39.2 Å². The lowest BCUT2D eigenvalue weighted by Crippen LogP contribution is -2.35. The van der Waals surface area contributed by atoms with Crippen molar-refractivity contribution in [2.24, 2.45) is 0 Å². The van der Waals surface area contributed by atoms with E-state index in [0.717, 1.165) is 36.3 Å². The first-order valence-electron chi connectivity index (χ1n) is 8.25. The second-order valence-corrected chi connectivity index (χ2v) is 6.81. The van der Waals surface area contributed by atoms with Crippen molar-refractivity contribution >= 4 is 29.0 Å². The molecule has 0 saturated carbocycles. The lowest BCUT2D eigenvalue weighted by Gasteiger charge is -2.25. The fraction of sp³-hybridized carbons (Fsp3) is 0.471. The summed E-state index contributed by atoms with van der Waals surface area (Å²) in [5.74, 6) is 0.374.